The number of aliphatic hydroxyl groups excluding tert-OH is 1. The summed E-state index contributed by atoms with van der Waals surface area (Å²) < 4.78 is 16.9. The Morgan fingerprint density at radius 3 is 2.76 bits per heavy atom. The van der Waals surface area contributed by atoms with Crippen LogP contribution >= 0.6 is 0 Å². The lowest BCUT2D eigenvalue weighted by atomic mass is 9.94. The number of ketones is 1. The first-order chi connectivity index (χ1) is 16.0. The van der Waals surface area contributed by atoms with Crippen molar-refractivity contribution in [3.8, 4) is 5.75 Å². The first kappa shape index (κ1) is 21.3. The number of carbonyl (C=O) groups excluding carboxylic acids is 2. The van der Waals surface area contributed by atoms with Crippen LogP contribution < -0.4 is 4.74 Å². The Bertz CT molecular complexity index is 1270. The number of aliphatic hydroxyl groups is 1. The molecular weight excluding hydrogens is 422 g/mol. The molecule has 7 nitrogen and oxygen atoms in total. The van der Waals surface area contributed by atoms with Crippen LogP contribution in [0.15, 0.2) is 64.3 Å². The lowest BCUT2D eigenvalue weighted by Crippen LogP contribution is -2.37. The highest BCUT2D eigenvalue weighted by molar-refractivity contribution is 6.16. The van der Waals surface area contributed by atoms with Crippen LogP contribution in [0.5, 0.6) is 5.75 Å². The molecule has 2 aliphatic heterocycles. The third kappa shape index (κ3) is 3.68. The number of hydrogen-bond donors (Lipinski definition) is 1. The molecule has 3 aromatic rings. The van der Waals surface area contributed by atoms with Crippen molar-refractivity contribution in [1.29, 1.82) is 0 Å². The van der Waals surface area contributed by atoms with Crippen molar-refractivity contribution in [2.45, 2.75) is 31.9 Å². The maximum Gasteiger partial charge on any atom is 0.290 e. The Morgan fingerprint density at radius 2 is 2.03 bits per heavy atom. The number of ether oxygens (including phenoxy) is 2. The molecule has 1 fully saturated rings. The standard InChI is InChI=1S/C26H25NO6/c1-15-6-3-7-16(12-15)22-21(24(29)26(30)27(22)14-18-9-5-11-32-18)23(28)20-13-17-8-4-10-19(31-2)25(17)33-20/h3-4,6-8,10,12-13,18,22,29H,5,9,11,14H2,1-2H3. The summed E-state index contributed by atoms with van der Waals surface area (Å²) in [7, 11) is 1.53. The molecule has 5 rings (SSSR count). The van der Waals surface area contributed by atoms with Gasteiger partial charge in [0.05, 0.1) is 24.8 Å². The fourth-order valence-corrected chi connectivity index (χ4v) is 4.71. The molecule has 2 unspecified atom stereocenters. The van der Waals surface area contributed by atoms with Gasteiger partial charge in [0.2, 0.25) is 5.78 Å². The van der Waals surface area contributed by atoms with Gasteiger partial charge < -0.3 is 23.9 Å². The molecule has 0 radical (unpaired) electrons. The molecule has 1 aromatic heterocycles. The van der Waals surface area contributed by atoms with E-state index in [0.717, 1.165) is 24.0 Å². The van der Waals surface area contributed by atoms with Crippen molar-refractivity contribution in [2.24, 2.45) is 0 Å². The number of aryl methyl sites for hydroxylation is 1. The van der Waals surface area contributed by atoms with Gasteiger partial charge in [-0.3, -0.25) is 9.59 Å². The van der Waals surface area contributed by atoms with Crippen molar-refractivity contribution in [2.75, 3.05) is 20.3 Å². The topological polar surface area (TPSA) is 89.2 Å². The largest absolute Gasteiger partial charge is 0.503 e. The van der Waals surface area contributed by atoms with E-state index in [1.165, 1.54) is 12.0 Å². The number of para-hydroxylation sites is 1. The van der Waals surface area contributed by atoms with E-state index >= 15 is 0 Å². The summed E-state index contributed by atoms with van der Waals surface area (Å²) in [6.45, 7) is 2.89. The molecule has 170 valence electrons. The number of carbonyl (C=O) groups is 2. The molecule has 33 heavy (non-hydrogen) atoms. The zero-order chi connectivity index (χ0) is 23.1. The van der Waals surface area contributed by atoms with Gasteiger partial charge in [0.15, 0.2) is 22.9 Å². The van der Waals surface area contributed by atoms with Gasteiger partial charge in [-0.1, -0.05) is 42.0 Å². The summed E-state index contributed by atoms with van der Waals surface area (Å²) in [6.07, 6.45) is 1.63. The summed E-state index contributed by atoms with van der Waals surface area (Å²) in [6, 6.07) is 13.9. The highest BCUT2D eigenvalue weighted by Crippen LogP contribution is 2.41. The molecule has 2 aliphatic rings. The van der Waals surface area contributed by atoms with E-state index in [9.17, 15) is 14.7 Å². The zero-order valence-corrected chi connectivity index (χ0v) is 18.5. The van der Waals surface area contributed by atoms with E-state index in [-0.39, 0.29) is 17.4 Å². The van der Waals surface area contributed by atoms with Gasteiger partial charge in [0.25, 0.3) is 5.91 Å². The summed E-state index contributed by atoms with van der Waals surface area (Å²) in [4.78, 5) is 28.3. The summed E-state index contributed by atoms with van der Waals surface area (Å²) in [5.74, 6) is -1.10. The fraction of sp³-hybridized carbons (Fsp3) is 0.308. The Kier molecular flexibility index (Phi) is 5.42. The van der Waals surface area contributed by atoms with E-state index in [1.54, 1.807) is 18.2 Å². The van der Waals surface area contributed by atoms with E-state index in [1.807, 2.05) is 37.3 Å². The molecule has 1 N–H and O–H groups in total. The zero-order valence-electron chi connectivity index (χ0n) is 18.5. The maximum atomic E-state index is 13.7. The van der Waals surface area contributed by atoms with Crippen LogP contribution in [0.2, 0.25) is 0 Å². The first-order valence-electron chi connectivity index (χ1n) is 11.0. The van der Waals surface area contributed by atoms with Gasteiger partial charge in [0.1, 0.15) is 0 Å². The molecule has 3 heterocycles. The molecule has 0 saturated carbocycles. The highest BCUT2D eigenvalue weighted by atomic mass is 16.5. The van der Waals surface area contributed by atoms with Crippen molar-refractivity contribution in [3.63, 3.8) is 0 Å². The quantitative estimate of drug-likeness (QED) is 0.560. The number of Topliss-reactive ketones (excluding diaryl/α,β-unsaturated/α-hetero) is 1. The smallest absolute Gasteiger partial charge is 0.290 e. The Hall–Kier alpha value is -3.58. The second-order valence-electron chi connectivity index (χ2n) is 8.49. The van der Waals surface area contributed by atoms with Crippen molar-refractivity contribution in [3.05, 3.63) is 76.8 Å². The second-order valence-corrected chi connectivity index (χ2v) is 8.49. The van der Waals surface area contributed by atoms with Crippen LogP contribution in [0.4, 0.5) is 0 Å². The van der Waals surface area contributed by atoms with Gasteiger partial charge >= 0.3 is 0 Å². The Balaban J connectivity index is 1.59. The van der Waals surface area contributed by atoms with Crippen LogP contribution in [0.1, 0.15) is 40.6 Å². The van der Waals surface area contributed by atoms with Crippen LogP contribution in [0, 0.1) is 6.92 Å². The molecule has 0 bridgehead atoms. The van der Waals surface area contributed by atoms with E-state index < -0.39 is 23.5 Å². The number of methoxy groups -OCH3 is 1. The molecule has 0 aliphatic carbocycles. The first-order valence-corrected chi connectivity index (χ1v) is 11.0. The summed E-state index contributed by atoms with van der Waals surface area (Å²) in [5, 5.41) is 11.6. The lowest BCUT2D eigenvalue weighted by molar-refractivity contribution is -0.131. The molecule has 1 saturated heterocycles. The van der Waals surface area contributed by atoms with Crippen molar-refractivity contribution >= 4 is 22.7 Å². The lowest BCUT2D eigenvalue weighted by Gasteiger charge is -2.29. The van der Waals surface area contributed by atoms with Crippen molar-refractivity contribution in [1.82, 2.24) is 4.90 Å². The number of furan rings is 1. The molecule has 1 amide bonds. The molecule has 7 heteroatoms. The van der Waals surface area contributed by atoms with Gasteiger partial charge in [-0.2, -0.15) is 0 Å². The van der Waals surface area contributed by atoms with Gasteiger partial charge in [-0.05, 0) is 37.5 Å². The highest BCUT2D eigenvalue weighted by Gasteiger charge is 2.45. The monoisotopic (exact) mass is 447 g/mol. The van der Waals surface area contributed by atoms with Crippen LogP contribution in [0.25, 0.3) is 11.0 Å². The molecular formula is C26H25NO6. The number of benzene rings is 2. The minimum absolute atomic E-state index is 0.0154. The molecule has 2 atom stereocenters. The molecule has 2 aromatic carbocycles. The van der Waals surface area contributed by atoms with Gasteiger partial charge in [-0.25, -0.2) is 0 Å². The van der Waals surface area contributed by atoms with Crippen LogP contribution in [-0.4, -0.2) is 48.1 Å². The third-order valence-electron chi connectivity index (χ3n) is 6.28. The van der Waals surface area contributed by atoms with Gasteiger partial charge in [-0.15, -0.1) is 0 Å². The normalized spacial score (nSPS) is 20.8. The van der Waals surface area contributed by atoms with Crippen LogP contribution in [-0.2, 0) is 9.53 Å². The maximum absolute atomic E-state index is 13.7. The summed E-state index contributed by atoms with van der Waals surface area (Å²) in [5.41, 5.74) is 2.20. The van der Waals surface area contributed by atoms with E-state index in [4.69, 9.17) is 13.9 Å². The number of amides is 1. The average molecular weight is 447 g/mol. The summed E-state index contributed by atoms with van der Waals surface area (Å²) >= 11 is 0. The minimum atomic E-state index is -0.732. The minimum Gasteiger partial charge on any atom is -0.503 e. The van der Waals surface area contributed by atoms with E-state index in [2.05, 4.69) is 0 Å². The third-order valence-corrected chi connectivity index (χ3v) is 6.28. The van der Waals surface area contributed by atoms with Crippen LogP contribution in [0.3, 0.4) is 0 Å². The average Bonchev–Trinajstić information content (AvgIpc) is 3.54. The second kappa shape index (κ2) is 8.41. The number of fused-ring (bicyclic) bond motifs is 1. The van der Waals surface area contributed by atoms with Crippen molar-refractivity contribution < 1.29 is 28.6 Å². The number of nitrogens with zero attached hydrogens (tertiary/aromatic N) is 1. The Morgan fingerprint density at radius 1 is 1.21 bits per heavy atom. The number of hydrogen-bond acceptors (Lipinski definition) is 6. The van der Waals surface area contributed by atoms with Gasteiger partial charge in [0, 0.05) is 18.5 Å². The number of rotatable bonds is 6. The van der Waals surface area contributed by atoms with E-state index in [0.29, 0.717) is 29.9 Å². The predicted octanol–water partition coefficient (Wildman–Crippen LogP) is 4.51. The predicted molar refractivity (Wildman–Crippen MR) is 121 cm³/mol. The fourth-order valence-electron chi connectivity index (χ4n) is 4.71. The SMILES string of the molecule is COc1cccc2cc(C(=O)C3=C(O)C(=O)N(CC4CCCO4)C3c3cccc(C)c3)oc12. The molecule has 0 spiro atoms. The Labute approximate surface area is 191 Å².